The predicted octanol–water partition coefficient (Wildman–Crippen LogP) is 5.96. The molecule has 39 heavy (non-hydrogen) atoms. The van der Waals surface area contributed by atoms with E-state index in [1.54, 1.807) is 5.32 Å². The summed E-state index contributed by atoms with van der Waals surface area (Å²) in [7, 11) is 0. The molecule has 1 aliphatic heterocycles. The molecule has 2 N–H and O–H groups in total. The molecule has 6 nitrogen and oxygen atoms in total. The van der Waals surface area contributed by atoms with E-state index in [-0.39, 0.29) is 35.2 Å². The van der Waals surface area contributed by atoms with Crippen molar-refractivity contribution in [2.24, 2.45) is 5.16 Å². The molecule has 2 amide bonds. The molecule has 2 aliphatic rings. The van der Waals surface area contributed by atoms with E-state index in [0.29, 0.717) is 0 Å². The van der Waals surface area contributed by atoms with Crippen LogP contribution in [0.1, 0.15) is 46.3 Å². The third-order valence-corrected chi connectivity index (χ3v) is 6.98. The fourth-order valence-electron chi connectivity index (χ4n) is 4.11. The fourth-order valence-corrected chi connectivity index (χ4v) is 4.60. The normalized spacial score (nSPS) is 20.2. The first-order valence-corrected chi connectivity index (χ1v) is 12.0. The van der Waals surface area contributed by atoms with E-state index in [1.807, 2.05) is 0 Å². The highest BCUT2D eigenvalue weighted by atomic mass is 35.5. The molecule has 2 aromatic rings. The number of alkyl halides is 6. The zero-order valence-corrected chi connectivity index (χ0v) is 21.3. The number of benzene rings is 2. The van der Waals surface area contributed by atoms with Gasteiger partial charge in [-0.15, -0.1) is 0 Å². The van der Waals surface area contributed by atoms with Gasteiger partial charge in [-0.05, 0) is 55.2 Å². The molecule has 0 spiro atoms. The van der Waals surface area contributed by atoms with Crippen LogP contribution in [0.2, 0.25) is 10.0 Å². The van der Waals surface area contributed by atoms with Crippen molar-refractivity contribution in [3.8, 4) is 0 Å². The van der Waals surface area contributed by atoms with E-state index in [2.05, 4.69) is 10.5 Å². The van der Waals surface area contributed by atoms with Gasteiger partial charge in [0.15, 0.2) is 5.82 Å². The number of halogens is 9. The molecule has 1 fully saturated rings. The summed E-state index contributed by atoms with van der Waals surface area (Å²) in [6, 6.07) is 5.48. The first kappa shape index (κ1) is 28.9. The van der Waals surface area contributed by atoms with Crippen LogP contribution in [0.15, 0.2) is 35.5 Å². The SMILES string of the molecule is Cc1cc(C2=NOC(c3cc(Cl)c(F)c(Cl)c3)(C(F)(F)F)C2)ccc1C(=O)NC1(C(=O)NCC(F)(F)F)CC1. The number of hydrogen-bond donors (Lipinski definition) is 2. The lowest BCUT2D eigenvalue weighted by atomic mass is 9.86. The number of carbonyl (C=O) groups excluding carboxylic acids is 2. The van der Waals surface area contributed by atoms with Gasteiger partial charge in [-0.25, -0.2) is 4.39 Å². The predicted molar refractivity (Wildman–Crippen MR) is 126 cm³/mol. The van der Waals surface area contributed by atoms with Gasteiger partial charge in [0.05, 0.1) is 15.8 Å². The zero-order chi connectivity index (χ0) is 29.0. The molecule has 210 valence electrons. The van der Waals surface area contributed by atoms with Gasteiger partial charge in [0, 0.05) is 17.5 Å². The van der Waals surface area contributed by atoms with Gasteiger partial charge in [0.25, 0.3) is 11.5 Å². The van der Waals surface area contributed by atoms with Crippen LogP contribution in [0.25, 0.3) is 0 Å². The van der Waals surface area contributed by atoms with Crippen LogP contribution in [0, 0.1) is 12.7 Å². The highest BCUT2D eigenvalue weighted by molar-refractivity contribution is 6.35. The minimum atomic E-state index is -5.01. The summed E-state index contributed by atoms with van der Waals surface area (Å²) in [4.78, 5) is 29.9. The Hall–Kier alpha value is -3.06. The first-order valence-electron chi connectivity index (χ1n) is 11.2. The fraction of sp³-hybridized carbons (Fsp3) is 0.375. The Morgan fingerprint density at radius 3 is 2.18 bits per heavy atom. The molecular formula is C24H18Cl2F7N3O3. The van der Waals surface area contributed by atoms with Crippen molar-refractivity contribution in [3.63, 3.8) is 0 Å². The number of aryl methyl sites for hydroxylation is 1. The first-order chi connectivity index (χ1) is 18.0. The number of oxime groups is 1. The van der Waals surface area contributed by atoms with Gasteiger partial charge >= 0.3 is 12.4 Å². The van der Waals surface area contributed by atoms with Crippen molar-refractivity contribution in [3.05, 3.63) is 68.4 Å². The lowest BCUT2D eigenvalue weighted by Gasteiger charge is -2.29. The van der Waals surface area contributed by atoms with E-state index >= 15 is 0 Å². The topological polar surface area (TPSA) is 79.8 Å². The summed E-state index contributed by atoms with van der Waals surface area (Å²) in [6.45, 7) is -0.0638. The maximum absolute atomic E-state index is 14.2. The van der Waals surface area contributed by atoms with Crippen LogP contribution in [0.5, 0.6) is 0 Å². The summed E-state index contributed by atoms with van der Waals surface area (Å²) in [5.74, 6) is -2.80. The number of nitrogens with one attached hydrogen (secondary N) is 2. The maximum Gasteiger partial charge on any atom is 0.435 e. The molecule has 1 heterocycles. The van der Waals surface area contributed by atoms with E-state index in [1.165, 1.54) is 25.1 Å². The third kappa shape index (κ3) is 5.65. The van der Waals surface area contributed by atoms with Crippen LogP contribution in [0.4, 0.5) is 30.7 Å². The van der Waals surface area contributed by atoms with Gasteiger partial charge in [0.2, 0.25) is 5.91 Å². The molecule has 1 aliphatic carbocycles. The molecule has 0 bridgehead atoms. The van der Waals surface area contributed by atoms with Crippen molar-refractivity contribution < 1.29 is 45.2 Å². The van der Waals surface area contributed by atoms with Gasteiger partial charge < -0.3 is 15.5 Å². The summed E-state index contributed by atoms with van der Waals surface area (Å²) < 4.78 is 93.8. The molecule has 0 aromatic heterocycles. The van der Waals surface area contributed by atoms with E-state index < -0.39 is 69.7 Å². The number of nitrogens with zero attached hydrogens (tertiary/aromatic N) is 1. The van der Waals surface area contributed by atoms with E-state index in [0.717, 1.165) is 12.1 Å². The second kappa shape index (κ2) is 9.84. The number of carbonyl (C=O) groups is 2. The molecule has 15 heteroatoms. The molecule has 1 saturated carbocycles. The second-order valence-electron chi connectivity index (χ2n) is 9.25. The van der Waals surface area contributed by atoms with Crippen LogP contribution in [0.3, 0.4) is 0 Å². The molecule has 0 saturated heterocycles. The van der Waals surface area contributed by atoms with Crippen LogP contribution >= 0.6 is 23.2 Å². The molecule has 1 unspecified atom stereocenters. The summed E-state index contributed by atoms with van der Waals surface area (Å²) >= 11 is 11.4. The minimum Gasteiger partial charge on any atom is -0.374 e. The Morgan fingerprint density at radius 2 is 1.67 bits per heavy atom. The average molecular weight is 600 g/mol. The molecule has 1 atom stereocenters. The Bertz CT molecular complexity index is 1350. The third-order valence-electron chi connectivity index (χ3n) is 6.43. The zero-order valence-electron chi connectivity index (χ0n) is 19.8. The van der Waals surface area contributed by atoms with Gasteiger partial charge in [0.1, 0.15) is 12.1 Å². The molecule has 0 radical (unpaired) electrons. The van der Waals surface area contributed by atoms with Crippen molar-refractivity contribution in [1.29, 1.82) is 0 Å². The largest absolute Gasteiger partial charge is 0.435 e. The quantitative estimate of drug-likeness (QED) is 0.317. The lowest BCUT2D eigenvalue weighted by Crippen LogP contribution is -2.50. The van der Waals surface area contributed by atoms with Crippen LogP contribution in [-0.4, -0.2) is 42.0 Å². The van der Waals surface area contributed by atoms with Crippen molar-refractivity contribution in [1.82, 2.24) is 10.6 Å². The van der Waals surface area contributed by atoms with Crippen molar-refractivity contribution in [2.75, 3.05) is 6.54 Å². The van der Waals surface area contributed by atoms with Gasteiger partial charge in [-0.3, -0.25) is 9.59 Å². The standard InChI is InChI=1S/C24H18Cl2F7N3O3/c1-11-6-12(2-3-14(11)19(37)35-21(4-5-21)20(38)34-10-23(28,29)30)17-9-22(39-36-17,24(31,32)33)13-7-15(25)18(27)16(26)8-13/h2-3,6-8H,4-5,9-10H2,1H3,(H,34,38)(H,35,37). The Morgan fingerprint density at radius 1 is 1.05 bits per heavy atom. The van der Waals surface area contributed by atoms with Gasteiger partial charge in [-0.2, -0.15) is 26.3 Å². The Kier molecular flexibility index (Phi) is 7.30. The lowest BCUT2D eigenvalue weighted by molar-refractivity contribution is -0.275. The Balaban J connectivity index is 1.53. The summed E-state index contributed by atoms with van der Waals surface area (Å²) in [6.07, 6.45) is -10.2. The number of hydrogen-bond acceptors (Lipinski definition) is 4. The van der Waals surface area contributed by atoms with Crippen molar-refractivity contribution >= 4 is 40.7 Å². The maximum atomic E-state index is 14.2. The number of amides is 2. The minimum absolute atomic E-state index is 0.0485. The van der Waals surface area contributed by atoms with E-state index in [4.69, 9.17) is 28.0 Å². The van der Waals surface area contributed by atoms with Gasteiger partial charge in [-0.1, -0.05) is 34.4 Å². The average Bonchev–Trinajstić information content (AvgIpc) is 3.45. The van der Waals surface area contributed by atoms with Crippen molar-refractivity contribution in [2.45, 2.75) is 49.7 Å². The Labute approximate surface area is 226 Å². The smallest absolute Gasteiger partial charge is 0.374 e. The molecule has 2 aromatic carbocycles. The van der Waals surface area contributed by atoms with E-state index in [9.17, 15) is 40.3 Å². The highest BCUT2D eigenvalue weighted by Crippen LogP contribution is 2.50. The number of rotatable bonds is 6. The highest BCUT2D eigenvalue weighted by Gasteiger charge is 2.62. The summed E-state index contributed by atoms with van der Waals surface area (Å²) in [5.41, 5.74) is -4.65. The van der Waals surface area contributed by atoms with Crippen LogP contribution in [-0.2, 0) is 15.2 Å². The monoisotopic (exact) mass is 599 g/mol. The second-order valence-corrected chi connectivity index (χ2v) is 10.1. The van der Waals surface area contributed by atoms with Crippen LogP contribution < -0.4 is 10.6 Å². The molecule has 4 rings (SSSR count). The molecular weight excluding hydrogens is 582 g/mol. The summed E-state index contributed by atoms with van der Waals surface area (Å²) in [5, 5.41) is 6.53.